The van der Waals surface area contributed by atoms with Crippen molar-refractivity contribution < 1.29 is 4.42 Å². The standard InChI is InChI=1S/C15H16N2O2/c1-9-15(18)19-14-11-5-3-7-17-6-2-4-10(13(11)17)8-12(14)16-9/h8H,2-7H2,1H3. The van der Waals surface area contributed by atoms with E-state index in [-0.39, 0.29) is 5.63 Å². The van der Waals surface area contributed by atoms with Crippen molar-refractivity contribution in [1.82, 2.24) is 4.98 Å². The van der Waals surface area contributed by atoms with Crippen LogP contribution in [-0.4, -0.2) is 18.1 Å². The number of anilines is 1. The summed E-state index contributed by atoms with van der Waals surface area (Å²) in [5.41, 5.74) is 5.58. The lowest BCUT2D eigenvalue weighted by molar-refractivity contribution is 0.537. The van der Waals surface area contributed by atoms with Crippen molar-refractivity contribution in [1.29, 1.82) is 0 Å². The molecule has 2 aliphatic heterocycles. The molecule has 0 saturated carbocycles. The van der Waals surface area contributed by atoms with E-state index in [4.69, 9.17) is 4.42 Å². The molecule has 0 bridgehead atoms. The third-order valence-electron chi connectivity index (χ3n) is 4.23. The number of rotatable bonds is 0. The third kappa shape index (κ3) is 1.52. The Labute approximate surface area is 111 Å². The van der Waals surface area contributed by atoms with E-state index >= 15 is 0 Å². The summed E-state index contributed by atoms with van der Waals surface area (Å²) in [7, 11) is 0. The number of hydrogen-bond donors (Lipinski definition) is 0. The molecule has 0 fully saturated rings. The van der Waals surface area contributed by atoms with Crippen LogP contribution in [0, 0.1) is 6.92 Å². The Morgan fingerprint density at radius 3 is 2.89 bits per heavy atom. The van der Waals surface area contributed by atoms with Crippen LogP contribution in [0.1, 0.15) is 29.7 Å². The first kappa shape index (κ1) is 11.0. The number of nitrogens with zero attached hydrogens (tertiary/aromatic N) is 2. The van der Waals surface area contributed by atoms with Crippen molar-refractivity contribution in [2.24, 2.45) is 0 Å². The predicted molar refractivity (Wildman–Crippen MR) is 73.9 cm³/mol. The zero-order chi connectivity index (χ0) is 13.0. The van der Waals surface area contributed by atoms with Gasteiger partial charge in [0.2, 0.25) is 0 Å². The van der Waals surface area contributed by atoms with E-state index in [1.807, 2.05) is 0 Å². The normalized spacial score (nSPS) is 17.6. The zero-order valence-corrected chi connectivity index (χ0v) is 11.0. The van der Waals surface area contributed by atoms with Crippen LogP contribution in [0.3, 0.4) is 0 Å². The summed E-state index contributed by atoms with van der Waals surface area (Å²) in [5, 5.41) is 0. The largest absolute Gasteiger partial charge is 0.419 e. The van der Waals surface area contributed by atoms with Gasteiger partial charge in [0.1, 0.15) is 11.2 Å². The van der Waals surface area contributed by atoms with Gasteiger partial charge in [0.05, 0.1) is 0 Å². The van der Waals surface area contributed by atoms with Gasteiger partial charge in [0, 0.05) is 24.3 Å². The highest BCUT2D eigenvalue weighted by molar-refractivity contribution is 5.85. The molecule has 19 heavy (non-hydrogen) atoms. The minimum Gasteiger partial charge on any atom is -0.419 e. The molecule has 3 heterocycles. The van der Waals surface area contributed by atoms with Crippen LogP contribution in [0.25, 0.3) is 11.1 Å². The maximum Gasteiger partial charge on any atom is 0.357 e. The summed E-state index contributed by atoms with van der Waals surface area (Å²) < 4.78 is 5.52. The Morgan fingerprint density at radius 2 is 2.05 bits per heavy atom. The van der Waals surface area contributed by atoms with E-state index in [2.05, 4.69) is 16.0 Å². The summed E-state index contributed by atoms with van der Waals surface area (Å²) in [4.78, 5) is 18.6. The topological polar surface area (TPSA) is 46.3 Å². The summed E-state index contributed by atoms with van der Waals surface area (Å²) in [6.45, 7) is 3.95. The van der Waals surface area contributed by atoms with Crippen LogP contribution >= 0.6 is 0 Å². The molecule has 4 heteroatoms. The molecule has 1 aromatic heterocycles. The van der Waals surface area contributed by atoms with Crippen LogP contribution in [0.2, 0.25) is 0 Å². The molecule has 0 amide bonds. The first-order chi connectivity index (χ1) is 9.24. The molecule has 98 valence electrons. The summed E-state index contributed by atoms with van der Waals surface area (Å²) in [6, 6.07) is 2.11. The van der Waals surface area contributed by atoms with Gasteiger partial charge in [-0.05, 0) is 44.2 Å². The fraction of sp³-hybridized carbons (Fsp3) is 0.467. The molecule has 4 rings (SSSR count). The highest BCUT2D eigenvalue weighted by Gasteiger charge is 2.27. The quantitative estimate of drug-likeness (QED) is 0.725. The lowest BCUT2D eigenvalue weighted by Crippen LogP contribution is -2.34. The molecule has 0 saturated heterocycles. The molecule has 0 unspecified atom stereocenters. The molecule has 2 aliphatic rings. The van der Waals surface area contributed by atoms with Gasteiger partial charge in [-0.15, -0.1) is 0 Å². The lowest BCUT2D eigenvalue weighted by Gasteiger charge is -2.36. The Hall–Kier alpha value is -1.84. The third-order valence-corrected chi connectivity index (χ3v) is 4.23. The van der Waals surface area contributed by atoms with Crippen LogP contribution in [0.15, 0.2) is 15.3 Å². The summed E-state index contributed by atoms with van der Waals surface area (Å²) in [6.07, 6.45) is 4.43. The van der Waals surface area contributed by atoms with Gasteiger partial charge in [0.25, 0.3) is 0 Å². The van der Waals surface area contributed by atoms with Gasteiger partial charge in [-0.2, -0.15) is 0 Å². The zero-order valence-electron chi connectivity index (χ0n) is 11.0. The number of aromatic nitrogens is 1. The first-order valence-corrected chi connectivity index (χ1v) is 6.95. The van der Waals surface area contributed by atoms with Crippen molar-refractivity contribution in [3.63, 3.8) is 0 Å². The van der Waals surface area contributed by atoms with Gasteiger partial charge in [-0.3, -0.25) is 0 Å². The maximum atomic E-state index is 11.7. The molecular weight excluding hydrogens is 240 g/mol. The lowest BCUT2D eigenvalue weighted by atomic mass is 9.91. The van der Waals surface area contributed by atoms with Crippen molar-refractivity contribution >= 4 is 16.8 Å². The van der Waals surface area contributed by atoms with Crippen molar-refractivity contribution in [2.45, 2.75) is 32.6 Å². The average molecular weight is 256 g/mol. The van der Waals surface area contributed by atoms with Crippen LogP contribution in [-0.2, 0) is 12.8 Å². The van der Waals surface area contributed by atoms with Gasteiger partial charge < -0.3 is 9.32 Å². The smallest absolute Gasteiger partial charge is 0.357 e. The summed E-state index contributed by atoms with van der Waals surface area (Å²) in [5.74, 6) is 0. The molecular formula is C15H16N2O2. The van der Waals surface area contributed by atoms with Crippen molar-refractivity contribution in [3.8, 4) is 0 Å². The molecule has 1 aromatic carbocycles. The van der Waals surface area contributed by atoms with E-state index in [1.165, 1.54) is 23.2 Å². The summed E-state index contributed by atoms with van der Waals surface area (Å²) >= 11 is 0. The average Bonchev–Trinajstić information content (AvgIpc) is 2.42. The molecule has 2 aromatic rings. The van der Waals surface area contributed by atoms with Crippen molar-refractivity contribution in [3.05, 3.63) is 33.3 Å². The molecule has 0 spiro atoms. The second-order valence-electron chi connectivity index (χ2n) is 5.49. The molecule has 4 nitrogen and oxygen atoms in total. The van der Waals surface area contributed by atoms with E-state index < -0.39 is 0 Å². The second-order valence-corrected chi connectivity index (χ2v) is 5.49. The van der Waals surface area contributed by atoms with Crippen LogP contribution < -0.4 is 10.5 Å². The highest BCUT2D eigenvalue weighted by Crippen LogP contribution is 2.38. The fourth-order valence-electron chi connectivity index (χ4n) is 3.40. The maximum absolute atomic E-state index is 11.7. The van der Waals surface area contributed by atoms with Crippen molar-refractivity contribution in [2.75, 3.05) is 18.0 Å². The minimum absolute atomic E-state index is 0.309. The predicted octanol–water partition coefficient (Wildman–Crippen LogP) is 2.20. The SMILES string of the molecule is Cc1nc2cc3c4c(c2oc1=O)CCCN4CCC3. The molecule has 0 atom stereocenters. The Kier molecular flexibility index (Phi) is 2.22. The molecule has 0 radical (unpaired) electrons. The number of fused-ring (bicyclic) bond motifs is 2. The van der Waals surface area contributed by atoms with E-state index in [1.54, 1.807) is 6.92 Å². The minimum atomic E-state index is -0.309. The second kappa shape index (κ2) is 3.83. The monoisotopic (exact) mass is 256 g/mol. The van der Waals surface area contributed by atoms with Gasteiger partial charge >= 0.3 is 5.63 Å². The highest BCUT2D eigenvalue weighted by atomic mass is 16.4. The number of aryl methyl sites for hydroxylation is 3. The van der Waals surface area contributed by atoms with E-state index in [0.717, 1.165) is 37.9 Å². The van der Waals surface area contributed by atoms with Crippen LogP contribution in [0.5, 0.6) is 0 Å². The molecule has 0 aliphatic carbocycles. The van der Waals surface area contributed by atoms with E-state index in [9.17, 15) is 4.79 Å². The number of benzene rings is 1. The van der Waals surface area contributed by atoms with Gasteiger partial charge in [-0.1, -0.05) is 0 Å². The first-order valence-electron chi connectivity index (χ1n) is 6.95. The Morgan fingerprint density at radius 1 is 1.26 bits per heavy atom. The Bertz CT molecular complexity index is 731. The van der Waals surface area contributed by atoms with Gasteiger partial charge in [-0.25, -0.2) is 9.78 Å². The fourth-order valence-corrected chi connectivity index (χ4v) is 3.40. The van der Waals surface area contributed by atoms with Crippen LogP contribution in [0.4, 0.5) is 5.69 Å². The molecule has 0 N–H and O–H groups in total. The Balaban J connectivity index is 2.12. The number of hydrogen-bond acceptors (Lipinski definition) is 4. The van der Waals surface area contributed by atoms with Gasteiger partial charge in [0.15, 0.2) is 5.58 Å². The van der Waals surface area contributed by atoms with E-state index in [0.29, 0.717) is 11.3 Å².